The second-order valence-corrected chi connectivity index (χ2v) is 7.17. The van der Waals surface area contributed by atoms with E-state index in [1.165, 1.54) is 6.07 Å². The molecule has 0 aromatic heterocycles. The predicted molar refractivity (Wildman–Crippen MR) is 103 cm³/mol. The van der Waals surface area contributed by atoms with E-state index in [-0.39, 0.29) is 23.3 Å². The van der Waals surface area contributed by atoms with Crippen LogP contribution >= 0.6 is 0 Å². The van der Waals surface area contributed by atoms with Crippen LogP contribution in [-0.2, 0) is 4.79 Å². The molecule has 1 fully saturated rings. The molecule has 0 bridgehead atoms. The summed E-state index contributed by atoms with van der Waals surface area (Å²) in [5, 5.41) is 0. The summed E-state index contributed by atoms with van der Waals surface area (Å²) >= 11 is 0. The Morgan fingerprint density at radius 2 is 1.61 bits per heavy atom. The summed E-state index contributed by atoms with van der Waals surface area (Å²) in [6.07, 6.45) is 1.07. The maximum Gasteiger partial charge on any atom is 0.254 e. The third-order valence-electron chi connectivity index (χ3n) is 5.15. The molecule has 6 heteroatoms. The molecule has 1 atom stereocenters. The molecular weight excluding hydrogens is 362 g/mol. The highest BCUT2D eigenvalue weighted by Gasteiger charge is 2.24. The molecule has 1 aliphatic rings. The van der Waals surface area contributed by atoms with Gasteiger partial charge in [-0.3, -0.25) is 9.59 Å². The highest BCUT2D eigenvalue weighted by molar-refractivity contribution is 5.94. The van der Waals surface area contributed by atoms with E-state index in [0.29, 0.717) is 39.0 Å². The van der Waals surface area contributed by atoms with Gasteiger partial charge in [-0.1, -0.05) is 37.3 Å². The second-order valence-electron chi connectivity index (χ2n) is 7.17. The van der Waals surface area contributed by atoms with E-state index < -0.39 is 11.6 Å². The van der Waals surface area contributed by atoms with Crippen molar-refractivity contribution in [3.8, 4) is 0 Å². The topological polar surface area (TPSA) is 40.6 Å². The van der Waals surface area contributed by atoms with Gasteiger partial charge >= 0.3 is 0 Å². The number of nitrogens with zero attached hydrogens (tertiary/aromatic N) is 2. The van der Waals surface area contributed by atoms with Crippen LogP contribution in [-0.4, -0.2) is 47.8 Å². The van der Waals surface area contributed by atoms with Gasteiger partial charge in [0.1, 0.15) is 0 Å². The van der Waals surface area contributed by atoms with E-state index in [9.17, 15) is 18.4 Å². The van der Waals surface area contributed by atoms with Crippen LogP contribution in [0.1, 0.15) is 41.6 Å². The minimum Gasteiger partial charge on any atom is -0.341 e. The molecule has 148 valence electrons. The van der Waals surface area contributed by atoms with Gasteiger partial charge in [-0.2, -0.15) is 0 Å². The lowest BCUT2D eigenvalue weighted by molar-refractivity contribution is -0.131. The number of hydrogen-bond acceptors (Lipinski definition) is 2. The molecule has 0 aliphatic carbocycles. The first kappa shape index (κ1) is 20.0. The zero-order chi connectivity index (χ0) is 20.1. The number of hydrogen-bond donors (Lipinski definition) is 0. The zero-order valence-electron chi connectivity index (χ0n) is 15.9. The van der Waals surface area contributed by atoms with E-state index in [2.05, 4.69) is 0 Å². The van der Waals surface area contributed by atoms with Gasteiger partial charge in [-0.05, 0) is 36.1 Å². The standard InChI is InChI=1S/C22H24F2N2O2/c1-16(17-6-3-2-4-7-17)14-21(27)25-10-5-11-26(13-12-25)22(28)18-8-9-19(23)20(24)15-18/h2-4,6-9,15-16H,5,10-14H2,1H3/t16-/m1/s1. The number of rotatable bonds is 4. The molecule has 1 saturated heterocycles. The summed E-state index contributed by atoms with van der Waals surface area (Å²) in [6, 6.07) is 13.1. The van der Waals surface area contributed by atoms with Crippen molar-refractivity contribution in [3.63, 3.8) is 0 Å². The van der Waals surface area contributed by atoms with Crippen LogP contribution < -0.4 is 0 Å². The van der Waals surface area contributed by atoms with Crippen molar-refractivity contribution in [2.24, 2.45) is 0 Å². The van der Waals surface area contributed by atoms with Crippen molar-refractivity contribution in [3.05, 3.63) is 71.3 Å². The molecule has 28 heavy (non-hydrogen) atoms. The SMILES string of the molecule is C[C@H](CC(=O)N1CCCN(C(=O)c2ccc(F)c(F)c2)CC1)c1ccccc1. The van der Waals surface area contributed by atoms with Gasteiger partial charge in [0.05, 0.1) is 0 Å². The average molecular weight is 386 g/mol. The van der Waals surface area contributed by atoms with Crippen LogP contribution in [0.15, 0.2) is 48.5 Å². The van der Waals surface area contributed by atoms with Crippen molar-refractivity contribution in [1.29, 1.82) is 0 Å². The Hall–Kier alpha value is -2.76. The molecule has 0 radical (unpaired) electrons. The second kappa shape index (κ2) is 8.95. The average Bonchev–Trinajstić information content (AvgIpc) is 2.96. The van der Waals surface area contributed by atoms with Crippen LogP contribution in [0.25, 0.3) is 0 Å². The Labute approximate surface area is 163 Å². The number of benzene rings is 2. The van der Waals surface area contributed by atoms with Crippen LogP contribution in [0.4, 0.5) is 8.78 Å². The fraction of sp³-hybridized carbons (Fsp3) is 0.364. The Balaban J connectivity index is 1.58. The van der Waals surface area contributed by atoms with Crippen LogP contribution in [0, 0.1) is 11.6 Å². The maximum absolute atomic E-state index is 13.4. The summed E-state index contributed by atoms with van der Waals surface area (Å²) < 4.78 is 26.5. The van der Waals surface area contributed by atoms with Gasteiger partial charge in [-0.15, -0.1) is 0 Å². The summed E-state index contributed by atoms with van der Waals surface area (Å²) in [7, 11) is 0. The number of amides is 2. The van der Waals surface area contributed by atoms with E-state index >= 15 is 0 Å². The van der Waals surface area contributed by atoms with Crippen molar-refractivity contribution < 1.29 is 18.4 Å². The molecule has 1 heterocycles. The summed E-state index contributed by atoms with van der Waals surface area (Å²) in [6.45, 7) is 3.92. The first-order valence-electron chi connectivity index (χ1n) is 9.52. The number of carbonyl (C=O) groups excluding carboxylic acids is 2. The van der Waals surface area contributed by atoms with Crippen molar-refractivity contribution in [1.82, 2.24) is 9.80 Å². The first-order valence-corrected chi connectivity index (χ1v) is 9.52. The molecule has 0 N–H and O–H groups in total. The fourth-order valence-electron chi connectivity index (χ4n) is 3.47. The van der Waals surface area contributed by atoms with Gasteiger partial charge in [0, 0.05) is 38.2 Å². The largest absolute Gasteiger partial charge is 0.341 e. The lowest BCUT2D eigenvalue weighted by atomic mass is 9.97. The van der Waals surface area contributed by atoms with Gasteiger partial charge in [0.25, 0.3) is 5.91 Å². The Morgan fingerprint density at radius 3 is 2.32 bits per heavy atom. The lowest BCUT2D eigenvalue weighted by Gasteiger charge is -2.23. The minimum absolute atomic E-state index is 0.0680. The minimum atomic E-state index is -1.03. The molecule has 0 saturated carbocycles. The van der Waals surface area contributed by atoms with Gasteiger partial charge in [-0.25, -0.2) is 8.78 Å². The molecule has 0 spiro atoms. The van der Waals surface area contributed by atoms with E-state index in [1.807, 2.05) is 37.3 Å². The maximum atomic E-state index is 13.4. The lowest BCUT2D eigenvalue weighted by Crippen LogP contribution is -2.37. The molecule has 3 rings (SSSR count). The molecule has 4 nitrogen and oxygen atoms in total. The van der Waals surface area contributed by atoms with E-state index in [1.54, 1.807) is 9.80 Å². The summed E-state index contributed by atoms with van der Waals surface area (Å²) in [4.78, 5) is 28.7. The van der Waals surface area contributed by atoms with Gasteiger partial charge in [0.2, 0.25) is 5.91 Å². The van der Waals surface area contributed by atoms with Crippen LogP contribution in [0.3, 0.4) is 0 Å². The Morgan fingerprint density at radius 1 is 0.929 bits per heavy atom. The first-order chi connectivity index (χ1) is 13.5. The quantitative estimate of drug-likeness (QED) is 0.801. The predicted octanol–water partition coefficient (Wildman–Crippen LogP) is 3.83. The summed E-state index contributed by atoms with van der Waals surface area (Å²) in [5.74, 6) is -2.16. The van der Waals surface area contributed by atoms with Crippen molar-refractivity contribution in [2.75, 3.05) is 26.2 Å². The molecule has 2 aromatic rings. The molecule has 2 amide bonds. The molecule has 2 aromatic carbocycles. The molecular formula is C22H24F2N2O2. The smallest absolute Gasteiger partial charge is 0.254 e. The van der Waals surface area contributed by atoms with E-state index in [0.717, 1.165) is 17.7 Å². The summed E-state index contributed by atoms with van der Waals surface area (Å²) in [5.41, 5.74) is 1.25. The zero-order valence-corrected chi connectivity index (χ0v) is 15.9. The number of halogens is 2. The molecule has 1 aliphatic heterocycles. The van der Waals surface area contributed by atoms with Crippen molar-refractivity contribution in [2.45, 2.75) is 25.7 Å². The van der Waals surface area contributed by atoms with Gasteiger partial charge in [0.15, 0.2) is 11.6 Å². The third-order valence-corrected chi connectivity index (χ3v) is 5.15. The van der Waals surface area contributed by atoms with Crippen molar-refractivity contribution >= 4 is 11.8 Å². The van der Waals surface area contributed by atoms with Gasteiger partial charge < -0.3 is 9.80 Å². The highest BCUT2D eigenvalue weighted by atomic mass is 19.2. The monoisotopic (exact) mass is 386 g/mol. The highest BCUT2D eigenvalue weighted by Crippen LogP contribution is 2.20. The Bertz CT molecular complexity index is 842. The third kappa shape index (κ3) is 4.74. The Kier molecular flexibility index (Phi) is 6.39. The van der Waals surface area contributed by atoms with Crippen LogP contribution in [0.2, 0.25) is 0 Å². The number of carbonyl (C=O) groups is 2. The fourth-order valence-corrected chi connectivity index (χ4v) is 3.47. The van der Waals surface area contributed by atoms with E-state index in [4.69, 9.17) is 0 Å². The molecule has 0 unspecified atom stereocenters. The van der Waals surface area contributed by atoms with Crippen LogP contribution in [0.5, 0.6) is 0 Å². The normalized spacial score (nSPS) is 15.8.